The molecule has 0 radical (unpaired) electrons. The van der Waals surface area contributed by atoms with Crippen LogP contribution < -0.4 is 21.2 Å². The van der Waals surface area contributed by atoms with Gasteiger partial charge in [0.25, 0.3) is 0 Å². The van der Waals surface area contributed by atoms with E-state index in [1.165, 1.54) is 21.2 Å². The SMILES string of the molecule is CP(C)c1ccccc1.CP(C)c1ccccc1.CP(C)c1ccccc1.CP(C)c1ccccc1.[Pt]. The standard InChI is InChI=1S/4C8H11P.Pt/c4*1-9(2)8-6-4-3-5-7-8;/h4*3-7H,1-2H3;. The summed E-state index contributed by atoms with van der Waals surface area (Å²) in [5.74, 6) is 0. The van der Waals surface area contributed by atoms with E-state index in [1.54, 1.807) is 0 Å². The summed E-state index contributed by atoms with van der Waals surface area (Å²) in [5.41, 5.74) is 0. The molecule has 0 atom stereocenters. The van der Waals surface area contributed by atoms with Crippen LogP contribution in [0.4, 0.5) is 0 Å². The summed E-state index contributed by atoms with van der Waals surface area (Å²) in [6, 6.07) is 42.5. The van der Waals surface area contributed by atoms with Crippen molar-refractivity contribution in [1.29, 1.82) is 0 Å². The van der Waals surface area contributed by atoms with E-state index in [9.17, 15) is 0 Å². The summed E-state index contributed by atoms with van der Waals surface area (Å²) in [7, 11) is 0.418. The Labute approximate surface area is 247 Å². The Hall–Kier alpha value is -0.712. The van der Waals surface area contributed by atoms with E-state index in [4.69, 9.17) is 0 Å². The molecule has 5 heteroatoms. The van der Waals surface area contributed by atoms with Gasteiger partial charge >= 0.3 is 0 Å². The normalized spacial score (nSPS) is 9.84. The van der Waals surface area contributed by atoms with Gasteiger partial charge in [0, 0.05) is 21.1 Å². The van der Waals surface area contributed by atoms with E-state index in [0.29, 0.717) is 0 Å². The van der Waals surface area contributed by atoms with Crippen LogP contribution in [-0.4, -0.2) is 53.3 Å². The van der Waals surface area contributed by atoms with Gasteiger partial charge in [-0.1, -0.05) is 153 Å². The van der Waals surface area contributed by atoms with Gasteiger partial charge in [0.2, 0.25) is 0 Å². The van der Waals surface area contributed by atoms with Gasteiger partial charge in [-0.25, -0.2) is 0 Å². The third-order valence-electron chi connectivity index (χ3n) is 5.09. The second-order valence-electron chi connectivity index (χ2n) is 8.92. The van der Waals surface area contributed by atoms with Crippen LogP contribution in [0, 0.1) is 0 Å². The Bertz CT molecular complexity index is 849. The van der Waals surface area contributed by atoms with Crippen LogP contribution >= 0.6 is 31.7 Å². The Kier molecular flexibility index (Phi) is 21.7. The third kappa shape index (κ3) is 17.5. The zero-order chi connectivity index (χ0) is 26.8. The first-order valence-corrected chi connectivity index (χ1v) is 21.1. The zero-order valence-corrected chi connectivity index (χ0v) is 29.5. The van der Waals surface area contributed by atoms with Crippen molar-refractivity contribution in [2.24, 2.45) is 0 Å². The average Bonchev–Trinajstić information content (AvgIpc) is 2.92. The van der Waals surface area contributed by atoms with Gasteiger partial charge in [0.15, 0.2) is 0 Å². The maximum absolute atomic E-state index is 2.27. The van der Waals surface area contributed by atoms with E-state index < -0.39 is 0 Å². The molecular weight excluding hydrogens is 703 g/mol. The topological polar surface area (TPSA) is 0 Å². The minimum Gasteiger partial charge on any atom is -0.0817 e. The van der Waals surface area contributed by atoms with Crippen LogP contribution in [0.2, 0.25) is 0 Å². The van der Waals surface area contributed by atoms with Crippen molar-refractivity contribution in [3.8, 4) is 0 Å². The second-order valence-corrected chi connectivity index (χ2v) is 18.1. The van der Waals surface area contributed by atoms with E-state index in [2.05, 4.69) is 175 Å². The average molecular weight is 748 g/mol. The first-order chi connectivity index (χ1) is 17.2. The molecule has 37 heavy (non-hydrogen) atoms. The molecule has 0 bridgehead atoms. The molecule has 0 nitrogen and oxygen atoms in total. The first-order valence-electron chi connectivity index (χ1n) is 12.1. The first kappa shape index (κ1) is 36.3. The molecule has 4 aromatic carbocycles. The summed E-state index contributed by atoms with van der Waals surface area (Å²) in [4.78, 5) is 0. The molecule has 0 saturated carbocycles. The number of benzene rings is 4. The van der Waals surface area contributed by atoms with Crippen molar-refractivity contribution in [2.75, 3.05) is 53.3 Å². The largest absolute Gasteiger partial charge is 0.0817 e. The van der Waals surface area contributed by atoms with Gasteiger partial charge in [-0.2, -0.15) is 0 Å². The molecule has 0 aliphatic heterocycles. The Morgan fingerprint density at radius 3 is 0.486 bits per heavy atom. The molecule has 0 saturated heterocycles. The monoisotopic (exact) mass is 747 g/mol. The Balaban J connectivity index is 0.000000463. The summed E-state index contributed by atoms with van der Waals surface area (Å²) in [5, 5.41) is 5.92. The van der Waals surface area contributed by atoms with E-state index in [1.807, 2.05) is 0 Å². The van der Waals surface area contributed by atoms with Crippen molar-refractivity contribution in [1.82, 2.24) is 0 Å². The Morgan fingerprint density at radius 1 is 0.270 bits per heavy atom. The fourth-order valence-corrected chi connectivity index (χ4v) is 5.98. The van der Waals surface area contributed by atoms with Crippen LogP contribution in [-0.2, 0) is 21.1 Å². The fourth-order valence-electron chi connectivity index (χ4n) is 2.90. The summed E-state index contributed by atoms with van der Waals surface area (Å²) >= 11 is 0. The molecular formula is C32H44P4Pt. The smallest absolute Gasteiger partial charge is 0 e. The van der Waals surface area contributed by atoms with E-state index in [0.717, 1.165) is 0 Å². The van der Waals surface area contributed by atoms with Crippen LogP contribution in [0.25, 0.3) is 0 Å². The predicted octanol–water partition coefficient (Wildman–Crippen LogP) is 8.21. The fraction of sp³-hybridized carbons (Fsp3) is 0.250. The van der Waals surface area contributed by atoms with Crippen molar-refractivity contribution in [3.05, 3.63) is 121 Å². The molecule has 0 N–H and O–H groups in total. The van der Waals surface area contributed by atoms with Gasteiger partial charge in [-0.15, -0.1) is 0 Å². The summed E-state index contributed by atoms with van der Waals surface area (Å²) in [6.45, 7) is 18.1. The number of hydrogen-bond acceptors (Lipinski definition) is 0. The second kappa shape index (κ2) is 22.1. The maximum Gasteiger partial charge on any atom is 0 e. The van der Waals surface area contributed by atoms with Crippen LogP contribution in [0.5, 0.6) is 0 Å². The minimum absolute atomic E-state index is 0. The molecule has 0 heterocycles. The van der Waals surface area contributed by atoms with Crippen molar-refractivity contribution < 1.29 is 21.1 Å². The van der Waals surface area contributed by atoms with Crippen LogP contribution in [0.3, 0.4) is 0 Å². The zero-order valence-electron chi connectivity index (χ0n) is 23.7. The van der Waals surface area contributed by atoms with Crippen LogP contribution in [0.1, 0.15) is 0 Å². The van der Waals surface area contributed by atoms with E-state index >= 15 is 0 Å². The molecule has 4 aromatic rings. The molecule has 0 fully saturated rings. The van der Waals surface area contributed by atoms with Crippen molar-refractivity contribution >= 4 is 52.9 Å². The molecule has 0 aliphatic rings. The Morgan fingerprint density at radius 2 is 0.405 bits per heavy atom. The molecule has 0 unspecified atom stereocenters. The number of hydrogen-bond donors (Lipinski definition) is 0. The molecule has 0 aromatic heterocycles. The summed E-state index contributed by atoms with van der Waals surface area (Å²) in [6.07, 6.45) is 0. The van der Waals surface area contributed by atoms with E-state index in [-0.39, 0.29) is 52.8 Å². The van der Waals surface area contributed by atoms with Gasteiger partial charge < -0.3 is 0 Å². The molecule has 202 valence electrons. The quantitative estimate of drug-likeness (QED) is 0.185. The van der Waals surface area contributed by atoms with Gasteiger partial charge in [0.1, 0.15) is 0 Å². The van der Waals surface area contributed by atoms with Gasteiger partial charge in [-0.3, -0.25) is 0 Å². The molecule has 4 rings (SSSR count). The molecule has 0 aliphatic carbocycles. The van der Waals surface area contributed by atoms with Crippen LogP contribution in [0.15, 0.2) is 121 Å². The maximum atomic E-state index is 2.27. The van der Waals surface area contributed by atoms with Gasteiger partial charge in [-0.05, 0) is 74.5 Å². The minimum atomic E-state index is 0. The molecule has 0 spiro atoms. The van der Waals surface area contributed by atoms with Gasteiger partial charge in [0.05, 0.1) is 0 Å². The van der Waals surface area contributed by atoms with Crippen molar-refractivity contribution in [2.45, 2.75) is 0 Å². The summed E-state index contributed by atoms with van der Waals surface area (Å²) < 4.78 is 0. The predicted molar refractivity (Wildman–Crippen MR) is 179 cm³/mol. The van der Waals surface area contributed by atoms with Crippen molar-refractivity contribution in [3.63, 3.8) is 0 Å². The number of rotatable bonds is 4. The third-order valence-corrected chi connectivity index (χ3v) is 10.4. The molecule has 0 amide bonds.